The minimum absolute atomic E-state index is 0.0938. The molecule has 0 saturated heterocycles. The summed E-state index contributed by atoms with van der Waals surface area (Å²) in [7, 11) is -3.66. The average Bonchev–Trinajstić information content (AvgIpc) is 2.14. The number of amides is 1. The van der Waals surface area contributed by atoms with E-state index in [9.17, 15) is 13.2 Å². The van der Waals surface area contributed by atoms with E-state index >= 15 is 0 Å². The molecule has 0 rings (SSSR count). The van der Waals surface area contributed by atoms with E-state index in [4.69, 9.17) is 5.26 Å². The summed E-state index contributed by atoms with van der Waals surface area (Å²) in [6, 6.07) is 1.66. The molecule has 0 radical (unpaired) electrons. The molecule has 0 fully saturated rings. The Bertz CT molecular complexity index is 346. The van der Waals surface area contributed by atoms with Crippen LogP contribution in [-0.4, -0.2) is 32.9 Å². The second kappa shape index (κ2) is 6.21. The zero-order chi connectivity index (χ0) is 11.9. The SMILES string of the molecule is CCC(C#N)S(=O)(=O)NCCOC(N)=O. The lowest BCUT2D eigenvalue weighted by Crippen LogP contribution is -2.35. The van der Waals surface area contributed by atoms with Crippen molar-refractivity contribution in [3.05, 3.63) is 0 Å². The van der Waals surface area contributed by atoms with Gasteiger partial charge in [0.2, 0.25) is 10.0 Å². The number of rotatable bonds is 6. The molecule has 0 aromatic heterocycles. The van der Waals surface area contributed by atoms with Crippen LogP contribution in [0.4, 0.5) is 4.79 Å². The lowest BCUT2D eigenvalue weighted by Gasteiger charge is -2.09. The van der Waals surface area contributed by atoms with Crippen LogP contribution in [0.5, 0.6) is 0 Å². The summed E-state index contributed by atoms with van der Waals surface area (Å²) in [5, 5.41) is 7.44. The number of nitriles is 1. The minimum Gasteiger partial charge on any atom is -0.448 e. The Morgan fingerprint density at radius 1 is 1.67 bits per heavy atom. The number of ether oxygens (including phenoxy) is 1. The van der Waals surface area contributed by atoms with E-state index in [0.29, 0.717) is 0 Å². The Labute approximate surface area is 88.2 Å². The molecule has 0 aliphatic rings. The average molecular weight is 235 g/mol. The van der Waals surface area contributed by atoms with Crippen LogP contribution in [0.25, 0.3) is 0 Å². The molecule has 0 aliphatic carbocycles. The number of hydrogen-bond acceptors (Lipinski definition) is 5. The van der Waals surface area contributed by atoms with E-state index < -0.39 is 21.4 Å². The number of primary amides is 1. The third-order valence-corrected chi connectivity index (χ3v) is 3.33. The number of nitrogens with one attached hydrogen (secondary N) is 1. The highest BCUT2D eigenvalue weighted by Gasteiger charge is 2.22. The topological polar surface area (TPSA) is 122 Å². The Hall–Kier alpha value is -1.33. The van der Waals surface area contributed by atoms with Crippen LogP contribution in [0.1, 0.15) is 13.3 Å². The van der Waals surface area contributed by atoms with E-state index in [1.165, 1.54) is 0 Å². The standard InChI is InChI=1S/C7H13N3O4S/c1-2-6(5-8)15(12,13)10-3-4-14-7(9)11/h6,10H,2-4H2,1H3,(H2,9,11). The van der Waals surface area contributed by atoms with Gasteiger partial charge in [0.25, 0.3) is 0 Å². The molecule has 0 bridgehead atoms. The van der Waals surface area contributed by atoms with Crippen LogP contribution in [0, 0.1) is 11.3 Å². The first-order valence-corrected chi connectivity index (χ1v) is 5.79. The molecule has 0 heterocycles. The van der Waals surface area contributed by atoms with Crippen molar-refractivity contribution in [1.29, 1.82) is 5.26 Å². The van der Waals surface area contributed by atoms with Crippen molar-refractivity contribution in [2.75, 3.05) is 13.2 Å². The van der Waals surface area contributed by atoms with E-state index in [-0.39, 0.29) is 19.6 Å². The quantitative estimate of drug-likeness (QED) is 0.589. The van der Waals surface area contributed by atoms with E-state index in [1.807, 2.05) is 0 Å². The Morgan fingerprint density at radius 2 is 2.27 bits per heavy atom. The van der Waals surface area contributed by atoms with E-state index in [2.05, 4.69) is 15.2 Å². The number of sulfonamides is 1. The Kier molecular flexibility index (Phi) is 5.66. The van der Waals surface area contributed by atoms with Crippen LogP contribution >= 0.6 is 0 Å². The van der Waals surface area contributed by atoms with Crippen molar-refractivity contribution < 1.29 is 17.9 Å². The van der Waals surface area contributed by atoms with E-state index in [1.54, 1.807) is 13.0 Å². The fourth-order valence-corrected chi connectivity index (χ4v) is 1.96. The molecule has 0 spiro atoms. The zero-order valence-electron chi connectivity index (χ0n) is 8.26. The third kappa shape index (κ3) is 5.19. The first kappa shape index (κ1) is 13.7. The van der Waals surface area contributed by atoms with Crippen molar-refractivity contribution in [1.82, 2.24) is 4.72 Å². The molecular formula is C7H13N3O4S. The minimum atomic E-state index is -3.66. The van der Waals surface area contributed by atoms with Crippen LogP contribution in [0.2, 0.25) is 0 Å². The van der Waals surface area contributed by atoms with Gasteiger partial charge in [-0.05, 0) is 6.42 Å². The molecule has 3 N–H and O–H groups in total. The van der Waals surface area contributed by atoms with Gasteiger partial charge in [-0.15, -0.1) is 0 Å². The van der Waals surface area contributed by atoms with Gasteiger partial charge < -0.3 is 10.5 Å². The van der Waals surface area contributed by atoms with Crippen molar-refractivity contribution >= 4 is 16.1 Å². The van der Waals surface area contributed by atoms with Gasteiger partial charge >= 0.3 is 6.09 Å². The van der Waals surface area contributed by atoms with Gasteiger partial charge in [-0.3, -0.25) is 0 Å². The third-order valence-electron chi connectivity index (χ3n) is 1.54. The van der Waals surface area contributed by atoms with Crippen LogP contribution < -0.4 is 10.5 Å². The molecule has 7 nitrogen and oxygen atoms in total. The van der Waals surface area contributed by atoms with Gasteiger partial charge in [0, 0.05) is 6.54 Å². The Balaban J connectivity index is 4.06. The molecule has 0 aromatic rings. The first-order chi connectivity index (χ1) is 6.94. The van der Waals surface area contributed by atoms with Crippen molar-refractivity contribution in [3.63, 3.8) is 0 Å². The summed E-state index contributed by atoms with van der Waals surface area (Å²) in [4.78, 5) is 10.1. The molecule has 1 unspecified atom stereocenters. The van der Waals surface area contributed by atoms with Crippen LogP contribution in [-0.2, 0) is 14.8 Å². The molecule has 0 saturated carbocycles. The smallest absolute Gasteiger partial charge is 0.404 e. The number of carbonyl (C=O) groups is 1. The van der Waals surface area contributed by atoms with Crippen molar-refractivity contribution in [2.24, 2.45) is 5.73 Å². The van der Waals surface area contributed by atoms with Gasteiger partial charge in [0.15, 0.2) is 5.25 Å². The Morgan fingerprint density at radius 3 is 2.67 bits per heavy atom. The zero-order valence-corrected chi connectivity index (χ0v) is 9.08. The van der Waals surface area contributed by atoms with Gasteiger partial charge in [0.05, 0.1) is 6.07 Å². The predicted octanol–water partition coefficient (Wildman–Crippen LogP) is -0.697. The summed E-state index contributed by atoms with van der Waals surface area (Å²) >= 11 is 0. The first-order valence-electron chi connectivity index (χ1n) is 4.24. The maximum absolute atomic E-state index is 11.3. The summed E-state index contributed by atoms with van der Waals surface area (Å²) in [5.74, 6) is 0. The van der Waals surface area contributed by atoms with E-state index in [0.717, 1.165) is 0 Å². The molecule has 1 atom stereocenters. The van der Waals surface area contributed by atoms with Gasteiger partial charge in [-0.25, -0.2) is 17.9 Å². The van der Waals surface area contributed by atoms with Crippen molar-refractivity contribution in [3.8, 4) is 6.07 Å². The maximum Gasteiger partial charge on any atom is 0.404 e. The molecule has 15 heavy (non-hydrogen) atoms. The molecule has 86 valence electrons. The number of hydrogen-bond donors (Lipinski definition) is 2. The highest BCUT2D eigenvalue weighted by atomic mass is 32.2. The van der Waals surface area contributed by atoms with Gasteiger partial charge in [0.1, 0.15) is 6.61 Å². The lowest BCUT2D eigenvalue weighted by molar-refractivity contribution is 0.159. The van der Waals surface area contributed by atoms with Gasteiger partial charge in [-0.1, -0.05) is 6.92 Å². The second-order valence-electron chi connectivity index (χ2n) is 2.63. The van der Waals surface area contributed by atoms with Gasteiger partial charge in [-0.2, -0.15) is 5.26 Å². The number of carbonyl (C=O) groups excluding carboxylic acids is 1. The molecule has 1 amide bonds. The summed E-state index contributed by atoms with van der Waals surface area (Å²) in [6.07, 6.45) is -0.774. The summed E-state index contributed by atoms with van der Waals surface area (Å²) in [6.45, 7) is 1.34. The fraction of sp³-hybridized carbons (Fsp3) is 0.714. The molecule has 0 aromatic carbocycles. The highest BCUT2D eigenvalue weighted by Crippen LogP contribution is 2.01. The highest BCUT2D eigenvalue weighted by molar-refractivity contribution is 7.90. The normalized spacial score (nSPS) is 12.8. The molecular weight excluding hydrogens is 222 g/mol. The lowest BCUT2D eigenvalue weighted by atomic mass is 10.4. The van der Waals surface area contributed by atoms with Crippen molar-refractivity contribution in [2.45, 2.75) is 18.6 Å². The number of nitrogens with two attached hydrogens (primary N) is 1. The summed E-state index contributed by atoms with van der Waals surface area (Å²) in [5.41, 5.74) is 4.66. The number of nitrogens with zero attached hydrogens (tertiary/aromatic N) is 1. The van der Waals surface area contributed by atoms with Crippen LogP contribution in [0.15, 0.2) is 0 Å². The second-order valence-corrected chi connectivity index (χ2v) is 4.58. The monoisotopic (exact) mass is 235 g/mol. The maximum atomic E-state index is 11.3. The van der Waals surface area contributed by atoms with Crippen LogP contribution in [0.3, 0.4) is 0 Å². The fourth-order valence-electron chi connectivity index (χ4n) is 0.816. The predicted molar refractivity (Wildman–Crippen MR) is 52.1 cm³/mol. The summed E-state index contributed by atoms with van der Waals surface area (Å²) < 4.78 is 29.1. The molecule has 0 aliphatic heterocycles. The molecule has 8 heteroatoms. The largest absolute Gasteiger partial charge is 0.448 e.